The van der Waals surface area contributed by atoms with Crippen LogP contribution in [-0.4, -0.2) is 45.5 Å². The molecule has 1 fully saturated rings. The van der Waals surface area contributed by atoms with Crippen molar-refractivity contribution < 1.29 is 9.59 Å². The van der Waals surface area contributed by atoms with Crippen LogP contribution in [-0.2, 0) is 4.79 Å². The second-order valence-electron chi connectivity index (χ2n) is 2.94. The molecule has 1 heterocycles. The number of hydrogen-bond donors (Lipinski definition) is 1. The number of imide groups is 1. The monoisotopic (exact) mass is 210 g/mol. The Hall–Kier alpha value is 0.490. The molecule has 0 aliphatic carbocycles. The molecule has 0 aromatic rings. The van der Waals surface area contributed by atoms with E-state index in [0.29, 0.717) is 0 Å². The molecule has 0 bridgehead atoms. The van der Waals surface area contributed by atoms with Gasteiger partial charge in [0.1, 0.15) is 4.75 Å². The van der Waals surface area contributed by atoms with Crippen LogP contribution >= 0.6 is 11.8 Å². The predicted octanol–water partition coefficient (Wildman–Crippen LogP) is 1.54. The fourth-order valence-electron chi connectivity index (χ4n) is 1.43. The summed E-state index contributed by atoms with van der Waals surface area (Å²) in [6.07, 6.45) is 2.44. The number of amides is 2. The predicted molar refractivity (Wildman–Crippen MR) is 54.8 cm³/mol. The first-order valence-corrected chi connectivity index (χ1v) is 5.00. The molecule has 13 heavy (non-hydrogen) atoms. The molecule has 0 aromatic carbocycles. The van der Waals surface area contributed by atoms with E-state index < -0.39 is 4.75 Å². The molecule has 0 spiro atoms. The van der Waals surface area contributed by atoms with E-state index in [0.717, 1.165) is 31.0 Å². The zero-order valence-electron chi connectivity index (χ0n) is 8.35. The Kier molecular flexibility index (Phi) is 5.59. The molecule has 1 radical (unpaired) electrons. The quantitative estimate of drug-likeness (QED) is 0.719. The van der Waals surface area contributed by atoms with Crippen LogP contribution in [0.3, 0.4) is 0 Å². The number of nitrogens with one attached hydrogen (secondary N) is 1. The van der Waals surface area contributed by atoms with Crippen LogP contribution in [0.2, 0.25) is 0 Å². The second kappa shape index (κ2) is 5.39. The van der Waals surface area contributed by atoms with E-state index in [1.54, 1.807) is 0 Å². The topological polar surface area (TPSA) is 46.2 Å². The molecule has 1 N–H and O–H groups in total. The normalized spacial score (nSPS) is 26.9. The molecule has 1 aliphatic heterocycles. The molecule has 0 saturated carbocycles. The molecule has 1 atom stereocenters. The van der Waals surface area contributed by atoms with Gasteiger partial charge in [-0.1, -0.05) is 20.3 Å². The van der Waals surface area contributed by atoms with Gasteiger partial charge in [-0.3, -0.25) is 14.9 Å². The Bertz CT molecular complexity index is 222. The third kappa shape index (κ3) is 2.72. The molecular weight excluding hydrogens is 197 g/mol. The molecule has 1 unspecified atom stereocenters. The van der Waals surface area contributed by atoms with E-state index in [-0.39, 0.29) is 40.7 Å². The minimum absolute atomic E-state index is 0. The van der Waals surface area contributed by atoms with Crippen LogP contribution in [0.4, 0.5) is 4.79 Å². The number of hydrogen-bond acceptors (Lipinski definition) is 3. The van der Waals surface area contributed by atoms with Crippen LogP contribution in [0, 0.1) is 0 Å². The van der Waals surface area contributed by atoms with Gasteiger partial charge in [0, 0.05) is 29.6 Å². The van der Waals surface area contributed by atoms with E-state index in [1.165, 1.54) is 0 Å². The van der Waals surface area contributed by atoms with E-state index in [2.05, 4.69) is 5.32 Å². The fourth-order valence-corrected chi connectivity index (χ4v) is 2.53. The van der Waals surface area contributed by atoms with Crippen LogP contribution < -0.4 is 5.32 Å². The Morgan fingerprint density at radius 2 is 2.00 bits per heavy atom. The largest absolute Gasteiger partial charge is 0.286 e. The van der Waals surface area contributed by atoms with Crippen molar-refractivity contribution in [1.29, 1.82) is 0 Å². The fraction of sp³-hybridized carbons (Fsp3) is 0.750. The maximum Gasteiger partial charge on any atom is 0.286 e. The summed E-state index contributed by atoms with van der Waals surface area (Å²) in [6, 6.07) is 0. The van der Waals surface area contributed by atoms with Crippen LogP contribution in [0.15, 0.2) is 0 Å². The van der Waals surface area contributed by atoms with Gasteiger partial charge >= 0.3 is 0 Å². The van der Waals surface area contributed by atoms with E-state index >= 15 is 0 Å². The first-order chi connectivity index (χ1) is 5.64. The summed E-state index contributed by atoms with van der Waals surface area (Å²) in [7, 11) is 0. The summed E-state index contributed by atoms with van der Waals surface area (Å²) in [5, 5.41) is 2.13. The van der Waals surface area contributed by atoms with Gasteiger partial charge in [0.2, 0.25) is 5.91 Å². The molecule has 1 rings (SSSR count). The van der Waals surface area contributed by atoms with E-state index in [4.69, 9.17) is 0 Å². The van der Waals surface area contributed by atoms with Gasteiger partial charge in [-0.15, -0.1) is 0 Å². The van der Waals surface area contributed by atoms with Crippen LogP contribution in [0.1, 0.15) is 33.1 Å². The smallest absolute Gasteiger partial charge is 0.286 e. The Balaban J connectivity index is 0.00000144. The maximum absolute atomic E-state index is 11.4. The zero-order valence-corrected chi connectivity index (χ0v) is 11.2. The van der Waals surface area contributed by atoms with Gasteiger partial charge < -0.3 is 0 Å². The number of carbonyl (C=O) groups excluding carboxylic acids is 2. The summed E-state index contributed by atoms with van der Waals surface area (Å²) in [5.74, 6) is -0.109. The van der Waals surface area contributed by atoms with Crippen LogP contribution in [0.25, 0.3) is 0 Å². The Morgan fingerprint density at radius 1 is 1.38 bits per heavy atom. The van der Waals surface area contributed by atoms with Crippen molar-refractivity contribution in [3.05, 3.63) is 0 Å². The molecule has 69 valence electrons. The van der Waals surface area contributed by atoms with Crippen molar-refractivity contribution in [2.75, 3.05) is 0 Å². The summed E-state index contributed by atoms with van der Waals surface area (Å²) < 4.78 is -0.466. The molecule has 1 aliphatic rings. The van der Waals surface area contributed by atoms with Crippen molar-refractivity contribution >= 4 is 52.5 Å². The van der Waals surface area contributed by atoms with Gasteiger partial charge in [-0.05, 0) is 24.6 Å². The average Bonchev–Trinajstić information content (AvgIpc) is 2.28. The summed E-state index contributed by atoms with van der Waals surface area (Å²) >= 11 is 1.15. The summed E-state index contributed by atoms with van der Waals surface area (Å²) in [5.41, 5.74) is 0. The number of thioether (sulfide) groups is 1. The van der Waals surface area contributed by atoms with E-state index in [1.807, 2.05) is 13.8 Å². The van der Waals surface area contributed by atoms with Crippen molar-refractivity contribution in [3.63, 3.8) is 0 Å². The molecule has 5 heteroatoms. The van der Waals surface area contributed by atoms with Crippen LogP contribution in [0.5, 0.6) is 0 Å². The molecule has 0 aromatic heterocycles. The second-order valence-corrected chi connectivity index (χ2v) is 4.30. The third-order valence-corrected chi connectivity index (χ3v) is 3.50. The van der Waals surface area contributed by atoms with Crippen molar-refractivity contribution in [2.24, 2.45) is 0 Å². The molecule has 3 nitrogen and oxygen atoms in total. The van der Waals surface area contributed by atoms with E-state index in [9.17, 15) is 9.59 Å². The molecule has 1 saturated heterocycles. The van der Waals surface area contributed by atoms with Crippen molar-refractivity contribution in [1.82, 2.24) is 5.32 Å². The van der Waals surface area contributed by atoms with Crippen molar-refractivity contribution in [2.45, 2.75) is 37.9 Å². The summed E-state index contributed by atoms with van der Waals surface area (Å²) in [4.78, 5) is 22.3. The first-order valence-electron chi connectivity index (χ1n) is 4.19. The Morgan fingerprint density at radius 3 is 2.31 bits per heavy atom. The minimum Gasteiger partial charge on any atom is -0.286 e. The Labute approximate surface area is 105 Å². The first kappa shape index (κ1) is 13.5. The van der Waals surface area contributed by atoms with Gasteiger partial charge in [0.05, 0.1) is 0 Å². The third-order valence-electron chi connectivity index (χ3n) is 2.14. The number of rotatable bonds is 3. The van der Waals surface area contributed by atoms with Gasteiger partial charge in [-0.25, -0.2) is 0 Å². The molecular formula is C8H13NNaO2S. The van der Waals surface area contributed by atoms with Gasteiger partial charge in [0.15, 0.2) is 0 Å². The summed E-state index contributed by atoms with van der Waals surface area (Å²) in [6.45, 7) is 3.97. The SMILES string of the molecule is CCCC1(CC)SC(=O)NC1=O.[Na]. The molecule has 2 amide bonds. The van der Waals surface area contributed by atoms with Gasteiger partial charge in [0.25, 0.3) is 5.24 Å². The number of carbonyl (C=O) groups is 2. The zero-order chi connectivity index (χ0) is 9.19. The minimum atomic E-state index is -0.466. The maximum atomic E-state index is 11.4. The average molecular weight is 210 g/mol. The standard InChI is InChI=1S/C8H13NO2S.Na/c1-3-5-8(4-2)6(10)9-7(11)12-8;/h3-5H2,1-2H3,(H,9,10,11);. The van der Waals surface area contributed by atoms with Crippen molar-refractivity contribution in [3.8, 4) is 0 Å². The van der Waals surface area contributed by atoms with Gasteiger partial charge in [-0.2, -0.15) is 0 Å².